The van der Waals surface area contributed by atoms with Gasteiger partial charge in [0.1, 0.15) is 0 Å². The van der Waals surface area contributed by atoms with Gasteiger partial charge in [-0.2, -0.15) is 0 Å². The SMILES string of the molecule is Cc1ccccc1C=CC(=O)NCCC(C)CCC(=O)O. The quantitative estimate of drug-likeness (QED) is 0.723. The summed E-state index contributed by atoms with van der Waals surface area (Å²) in [5.74, 6) is -0.600. The number of carbonyl (C=O) groups excluding carboxylic acids is 1. The first-order valence-electron chi connectivity index (χ1n) is 7.22. The van der Waals surface area contributed by atoms with E-state index in [4.69, 9.17) is 5.11 Å². The van der Waals surface area contributed by atoms with Gasteiger partial charge in [0.15, 0.2) is 0 Å². The number of carboxylic acid groups (broad SMARTS) is 1. The lowest BCUT2D eigenvalue weighted by molar-refractivity contribution is -0.137. The Bertz CT molecular complexity index is 509. The molecule has 2 N–H and O–H groups in total. The number of amides is 1. The second-order valence-corrected chi connectivity index (χ2v) is 5.31. The highest BCUT2D eigenvalue weighted by Crippen LogP contribution is 2.10. The first-order valence-corrected chi connectivity index (χ1v) is 7.22. The lowest BCUT2D eigenvalue weighted by Gasteiger charge is -2.09. The molecule has 1 amide bonds. The van der Waals surface area contributed by atoms with Crippen LogP contribution in [0.3, 0.4) is 0 Å². The minimum atomic E-state index is -0.771. The van der Waals surface area contributed by atoms with E-state index >= 15 is 0 Å². The molecule has 1 rings (SSSR count). The van der Waals surface area contributed by atoms with Gasteiger partial charge in [-0.3, -0.25) is 9.59 Å². The molecule has 0 saturated heterocycles. The summed E-state index contributed by atoms with van der Waals surface area (Å²) in [6.45, 7) is 4.57. The van der Waals surface area contributed by atoms with Crippen LogP contribution in [0.1, 0.15) is 37.3 Å². The smallest absolute Gasteiger partial charge is 0.303 e. The first-order chi connectivity index (χ1) is 9.99. The predicted octanol–water partition coefficient (Wildman–Crippen LogP) is 3.02. The number of carbonyl (C=O) groups is 2. The third kappa shape index (κ3) is 7.30. The molecule has 0 saturated carbocycles. The van der Waals surface area contributed by atoms with Crippen LogP contribution >= 0.6 is 0 Å². The van der Waals surface area contributed by atoms with Crippen molar-refractivity contribution in [1.82, 2.24) is 5.32 Å². The average molecular weight is 289 g/mol. The van der Waals surface area contributed by atoms with Gasteiger partial charge in [-0.15, -0.1) is 0 Å². The largest absolute Gasteiger partial charge is 0.481 e. The summed E-state index contributed by atoms with van der Waals surface area (Å²) >= 11 is 0. The van der Waals surface area contributed by atoms with Crippen LogP contribution in [0.4, 0.5) is 0 Å². The number of hydrogen-bond donors (Lipinski definition) is 2. The molecule has 0 heterocycles. The number of hydrogen-bond acceptors (Lipinski definition) is 2. The molecule has 1 aromatic carbocycles. The van der Waals surface area contributed by atoms with Crippen molar-refractivity contribution in [1.29, 1.82) is 0 Å². The maximum absolute atomic E-state index is 11.7. The van der Waals surface area contributed by atoms with Crippen LogP contribution in [-0.4, -0.2) is 23.5 Å². The van der Waals surface area contributed by atoms with Gasteiger partial charge >= 0.3 is 5.97 Å². The number of benzene rings is 1. The van der Waals surface area contributed by atoms with Gasteiger partial charge in [0.25, 0.3) is 0 Å². The van der Waals surface area contributed by atoms with E-state index in [-0.39, 0.29) is 12.3 Å². The number of aryl methyl sites for hydroxylation is 1. The van der Waals surface area contributed by atoms with E-state index in [0.29, 0.717) is 18.9 Å². The Kier molecular flexibility index (Phi) is 7.23. The molecule has 4 nitrogen and oxygen atoms in total. The van der Waals surface area contributed by atoms with E-state index in [1.807, 2.05) is 38.1 Å². The van der Waals surface area contributed by atoms with E-state index in [9.17, 15) is 9.59 Å². The molecule has 1 aromatic rings. The molecule has 0 fully saturated rings. The zero-order valence-corrected chi connectivity index (χ0v) is 12.6. The Morgan fingerprint density at radius 1 is 1.29 bits per heavy atom. The van der Waals surface area contributed by atoms with Crippen molar-refractivity contribution in [2.75, 3.05) is 6.54 Å². The Balaban J connectivity index is 2.28. The number of rotatable bonds is 8. The Hall–Kier alpha value is -2.10. The van der Waals surface area contributed by atoms with Crippen molar-refractivity contribution in [2.45, 2.75) is 33.1 Å². The second-order valence-electron chi connectivity index (χ2n) is 5.31. The number of aliphatic carboxylic acids is 1. The van der Waals surface area contributed by atoms with Crippen molar-refractivity contribution >= 4 is 18.0 Å². The summed E-state index contributed by atoms with van der Waals surface area (Å²) in [6, 6.07) is 7.87. The maximum Gasteiger partial charge on any atom is 0.303 e. The van der Waals surface area contributed by atoms with Crippen LogP contribution in [0.2, 0.25) is 0 Å². The zero-order chi connectivity index (χ0) is 15.7. The van der Waals surface area contributed by atoms with Gasteiger partial charge in [0.2, 0.25) is 5.91 Å². The fourth-order valence-corrected chi connectivity index (χ4v) is 1.95. The fourth-order valence-electron chi connectivity index (χ4n) is 1.95. The van der Waals surface area contributed by atoms with Crippen LogP contribution < -0.4 is 5.32 Å². The minimum absolute atomic E-state index is 0.122. The lowest BCUT2D eigenvalue weighted by Crippen LogP contribution is -2.23. The van der Waals surface area contributed by atoms with Crippen LogP contribution in [0.5, 0.6) is 0 Å². The molecule has 0 aliphatic heterocycles. The second kappa shape index (κ2) is 8.95. The zero-order valence-electron chi connectivity index (χ0n) is 12.6. The minimum Gasteiger partial charge on any atom is -0.481 e. The summed E-state index contributed by atoms with van der Waals surface area (Å²) in [6.07, 6.45) is 4.95. The molecular weight excluding hydrogens is 266 g/mol. The third-order valence-electron chi connectivity index (χ3n) is 3.39. The molecule has 0 spiro atoms. The molecular formula is C17H23NO3. The monoisotopic (exact) mass is 289 g/mol. The molecule has 0 aromatic heterocycles. The highest BCUT2D eigenvalue weighted by Gasteiger charge is 2.05. The fraction of sp³-hybridized carbons (Fsp3) is 0.412. The average Bonchev–Trinajstić information content (AvgIpc) is 2.44. The molecule has 1 unspecified atom stereocenters. The van der Waals surface area contributed by atoms with Gasteiger partial charge < -0.3 is 10.4 Å². The van der Waals surface area contributed by atoms with Crippen LogP contribution in [0, 0.1) is 12.8 Å². The highest BCUT2D eigenvalue weighted by atomic mass is 16.4. The van der Waals surface area contributed by atoms with Gasteiger partial charge in [-0.05, 0) is 42.9 Å². The molecule has 114 valence electrons. The normalized spacial score (nSPS) is 12.3. The molecule has 21 heavy (non-hydrogen) atoms. The Morgan fingerprint density at radius 2 is 2.00 bits per heavy atom. The van der Waals surface area contributed by atoms with Crippen molar-refractivity contribution in [2.24, 2.45) is 5.92 Å². The van der Waals surface area contributed by atoms with E-state index < -0.39 is 5.97 Å². The van der Waals surface area contributed by atoms with Gasteiger partial charge in [0, 0.05) is 19.0 Å². The third-order valence-corrected chi connectivity index (χ3v) is 3.39. The number of carboxylic acids is 1. The van der Waals surface area contributed by atoms with E-state index in [2.05, 4.69) is 5.32 Å². The maximum atomic E-state index is 11.7. The topological polar surface area (TPSA) is 66.4 Å². The highest BCUT2D eigenvalue weighted by molar-refractivity contribution is 5.91. The molecule has 0 aliphatic rings. The van der Waals surface area contributed by atoms with Crippen molar-refractivity contribution < 1.29 is 14.7 Å². The molecule has 4 heteroatoms. The molecule has 1 atom stereocenters. The van der Waals surface area contributed by atoms with Crippen LogP contribution in [0.25, 0.3) is 6.08 Å². The van der Waals surface area contributed by atoms with E-state index in [1.54, 1.807) is 6.08 Å². The first kappa shape index (κ1) is 17.0. The summed E-state index contributed by atoms with van der Waals surface area (Å²) in [5, 5.41) is 11.4. The number of nitrogens with one attached hydrogen (secondary N) is 1. The summed E-state index contributed by atoms with van der Waals surface area (Å²) in [5.41, 5.74) is 2.16. The Morgan fingerprint density at radius 3 is 2.67 bits per heavy atom. The van der Waals surface area contributed by atoms with Crippen molar-refractivity contribution in [3.8, 4) is 0 Å². The molecule has 0 bridgehead atoms. The van der Waals surface area contributed by atoms with Crippen molar-refractivity contribution in [3.05, 3.63) is 41.5 Å². The van der Waals surface area contributed by atoms with Crippen LogP contribution in [0.15, 0.2) is 30.3 Å². The summed E-state index contributed by atoms with van der Waals surface area (Å²) < 4.78 is 0. The summed E-state index contributed by atoms with van der Waals surface area (Å²) in [4.78, 5) is 22.1. The van der Waals surface area contributed by atoms with E-state index in [0.717, 1.165) is 17.5 Å². The Labute approximate surface area is 125 Å². The van der Waals surface area contributed by atoms with Gasteiger partial charge in [-0.25, -0.2) is 0 Å². The summed E-state index contributed by atoms with van der Waals surface area (Å²) in [7, 11) is 0. The molecule has 0 radical (unpaired) electrons. The predicted molar refractivity (Wildman–Crippen MR) is 83.9 cm³/mol. The standard InChI is InChI=1S/C17H23NO3/c1-13(7-10-17(20)21)11-12-18-16(19)9-8-15-6-4-3-5-14(15)2/h3-6,8-9,13H,7,10-12H2,1-2H3,(H,18,19)(H,20,21). The lowest BCUT2D eigenvalue weighted by atomic mass is 10.0. The van der Waals surface area contributed by atoms with Crippen LogP contribution in [-0.2, 0) is 9.59 Å². The van der Waals surface area contributed by atoms with Gasteiger partial charge in [0.05, 0.1) is 0 Å². The molecule has 0 aliphatic carbocycles. The van der Waals surface area contributed by atoms with E-state index in [1.165, 1.54) is 6.08 Å². The van der Waals surface area contributed by atoms with Crippen molar-refractivity contribution in [3.63, 3.8) is 0 Å². The van der Waals surface area contributed by atoms with Gasteiger partial charge in [-0.1, -0.05) is 31.2 Å².